The molecule has 1 aliphatic heterocycles. The molecule has 29 heavy (non-hydrogen) atoms. The Bertz CT molecular complexity index is 1040. The molecule has 0 radical (unpaired) electrons. The van der Waals surface area contributed by atoms with Gasteiger partial charge in [-0.2, -0.15) is 4.31 Å². The Hall–Kier alpha value is -2.39. The fourth-order valence-electron chi connectivity index (χ4n) is 3.35. The molecule has 1 heterocycles. The van der Waals surface area contributed by atoms with Crippen molar-refractivity contribution in [3.8, 4) is 0 Å². The molecule has 1 atom stereocenters. The summed E-state index contributed by atoms with van der Waals surface area (Å²) in [6, 6.07) is 7.26. The summed E-state index contributed by atoms with van der Waals surface area (Å²) in [7, 11) is -4.01. The van der Waals surface area contributed by atoms with Crippen LogP contribution in [-0.2, 0) is 26.1 Å². The van der Waals surface area contributed by atoms with Crippen LogP contribution < -0.4 is 0 Å². The average molecular weight is 427 g/mol. The van der Waals surface area contributed by atoms with Crippen molar-refractivity contribution in [3.63, 3.8) is 0 Å². The molecule has 0 bridgehead atoms. The third-order valence-electron chi connectivity index (χ3n) is 4.62. The van der Waals surface area contributed by atoms with Crippen LogP contribution in [0.4, 0.5) is 13.2 Å². The quantitative estimate of drug-likeness (QED) is 0.539. The van der Waals surface area contributed by atoms with Crippen LogP contribution in [0.25, 0.3) is 0 Å². The highest BCUT2D eigenvalue weighted by Crippen LogP contribution is 2.36. The summed E-state index contributed by atoms with van der Waals surface area (Å²) in [6.07, 6.45) is -0.390. The third-order valence-corrected chi connectivity index (χ3v) is 6.50. The number of nitrogens with zero attached hydrogens (tertiary/aromatic N) is 1. The summed E-state index contributed by atoms with van der Waals surface area (Å²) >= 11 is 0. The number of fused-ring (bicyclic) bond motifs is 1. The second kappa shape index (κ2) is 8.16. The molecule has 0 saturated heterocycles. The largest absolute Gasteiger partial charge is 0.463 e. The minimum absolute atomic E-state index is 0.00316. The number of halogens is 3. The molecule has 156 valence electrons. The molecular formula is C20H20F3NO4S. The minimum atomic E-state index is -4.01. The maximum atomic E-state index is 14.1. The zero-order chi connectivity index (χ0) is 21.3. The number of carbonyl (C=O) groups is 1. The van der Waals surface area contributed by atoms with E-state index in [9.17, 15) is 26.4 Å². The topological polar surface area (TPSA) is 63.7 Å². The van der Waals surface area contributed by atoms with Crippen molar-refractivity contribution >= 4 is 16.0 Å². The van der Waals surface area contributed by atoms with Crippen molar-refractivity contribution in [1.29, 1.82) is 0 Å². The lowest BCUT2D eigenvalue weighted by molar-refractivity contribution is -0.147. The van der Waals surface area contributed by atoms with Gasteiger partial charge in [0.25, 0.3) is 0 Å². The van der Waals surface area contributed by atoms with Gasteiger partial charge in [0.05, 0.1) is 17.4 Å². The first kappa shape index (κ1) is 21.3. The van der Waals surface area contributed by atoms with E-state index >= 15 is 0 Å². The van der Waals surface area contributed by atoms with E-state index in [-0.39, 0.29) is 29.5 Å². The van der Waals surface area contributed by atoms with Crippen LogP contribution in [0.3, 0.4) is 0 Å². The summed E-state index contributed by atoms with van der Waals surface area (Å²) in [4.78, 5) is 12.1. The normalized spacial score (nSPS) is 18.5. The van der Waals surface area contributed by atoms with Crippen molar-refractivity contribution in [3.05, 3.63) is 65.0 Å². The highest BCUT2D eigenvalue weighted by molar-refractivity contribution is 7.89. The molecule has 0 aliphatic carbocycles. The molecule has 0 N–H and O–H groups in total. The summed E-state index contributed by atoms with van der Waals surface area (Å²) in [5.41, 5.74) is 0.172. The molecule has 1 aliphatic rings. The highest BCUT2D eigenvalue weighted by atomic mass is 32.2. The van der Waals surface area contributed by atoms with Crippen molar-refractivity contribution in [1.82, 2.24) is 4.31 Å². The maximum Gasteiger partial charge on any atom is 0.306 e. The Labute approximate surface area is 167 Å². The van der Waals surface area contributed by atoms with Gasteiger partial charge < -0.3 is 4.74 Å². The number of benzene rings is 2. The van der Waals surface area contributed by atoms with E-state index in [4.69, 9.17) is 4.74 Å². The van der Waals surface area contributed by atoms with E-state index in [1.807, 2.05) is 0 Å². The average Bonchev–Trinajstić information content (AvgIpc) is 2.63. The second-order valence-corrected chi connectivity index (χ2v) is 9.04. The first-order valence-electron chi connectivity index (χ1n) is 9.01. The van der Waals surface area contributed by atoms with Gasteiger partial charge in [-0.05, 0) is 31.5 Å². The van der Waals surface area contributed by atoms with Crippen molar-refractivity contribution in [2.45, 2.75) is 43.7 Å². The van der Waals surface area contributed by atoms with Gasteiger partial charge in [-0.15, -0.1) is 0 Å². The molecule has 3 rings (SSSR count). The summed E-state index contributed by atoms with van der Waals surface area (Å²) in [6.45, 7) is 2.80. The molecule has 2 aromatic rings. The number of hydrogen-bond donors (Lipinski definition) is 0. The Kier molecular flexibility index (Phi) is 6.00. The Morgan fingerprint density at radius 2 is 1.79 bits per heavy atom. The Balaban J connectivity index is 1.96. The summed E-state index contributed by atoms with van der Waals surface area (Å²) in [5, 5.41) is 0. The molecule has 9 heteroatoms. The SMILES string of the molecule is CC(C)OC(=O)CC1CN(Cc2cc(F)c(F)cc2F)S(=O)(=O)c2ccccc21. The van der Waals surface area contributed by atoms with Crippen LogP contribution >= 0.6 is 0 Å². The van der Waals surface area contributed by atoms with E-state index in [0.717, 1.165) is 4.31 Å². The van der Waals surface area contributed by atoms with E-state index < -0.39 is 45.9 Å². The van der Waals surface area contributed by atoms with Crippen molar-refractivity contribution in [2.75, 3.05) is 6.54 Å². The molecule has 0 amide bonds. The fraction of sp³-hybridized carbons (Fsp3) is 0.350. The molecule has 0 aromatic heterocycles. The lowest BCUT2D eigenvalue weighted by Gasteiger charge is -2.33. The molecule has 0 spiro atoms. The van der Waals surface area contributed by atoms with Crippen LogP contribution in [-0.4, -0.2) is 31.3 Å². The monoisotopic (exact) mass is 427 g/mol. The van der Waals surface area contributed by atoms with E-state index in [1.165, 1.54) is 6.07 Å². The number of carbonyl (C=O) groups excluding carboxylic acids is 1. The number of hydrogen-bond acceptors (Lipinski definition) is 4. The molecule has 1 unspecified atom stereocenters. The van der Waals surface area contributed by atoms with Gasteiger partial charge in [0.15, 0.2) is 11.6 Å². The standard InChI is InChI=1S/C20H20F3NO4S/c1-12(2)28-20(25)8-13-10-24(11-14-7-17(22)18(23)9-16(14)21)29(26,27)19-6-4-3-5-15(13)19/h3-7,9,12-13H,8,10-11H2,1-2H3. The maximum absolute atomic E-state index is 14.1. The van der Waals surface area contributed by atoms with Gasteiger partial charge >= 0.3 is 5.97 Å². The second-order valence-electron chi connectivity index (χ2n) is 7.13. The smallest absolute Gasteiger partial charge is 0.306 e. The predicted octanol–water partition coefficient (Wildman–Crippen LogP) is 3.73. The van der Waals surface area contributed by atoms with Crippen LogP contribution in [0.15, 0.2) is 41.3 Å². The lowest BCUT2D eigenvalue weighted by Crippen LogP contribution is -2.40. The number of rotatable bonds is 5. The third kappa shape index (κ3) is 4.45. The highest BCUT2D eigenvalue weighted by Gasteiger charge is 2.38. The van der Waals surface area contributed by atoms with Crippen LogP contribution in [0.1, 0.15) is 37.3 Å². The van der Waals surface area contributed by atoms with E-state index in [2.05, 4.69) is 0 Å². The van der Waals surface area contributed by atoms with Crippen molar-refractivity contribution in [2.24, 2.45) is 0 Å². The lowest BCUT2D eigenvalue weighted by atomic mass is 9.95. The van der Waals surface area contributed by atoms with Gasteiger partial charge in [-0.1, -0.05) is 18.2 Å². The predicted molar refractivity (Wildman–Crippen MR) is 98.9 cm³/mol. The van der Waals surface area contributed by atoms with E-state index in [1.54, 1.807) is 32.0 Å². The molecule has 2 aromatic carbocycles. The fourth-order valence-corrected chi connectivity index (χ4v) is 5.09. The molecule has 0 saturated carbocycles. The van der Waals surface area contributed by atoms with Crippen molar-refractivity contribution < 1.29 is 31.1 Å². The van der Waals surface area contributed by atoms with Gasteiger partial charge in [-0.3, -0.25) is 4.79 Å². The van der Waals surface area contributed by atoms with Gasteiger partial charge in [0, 0.05) is 30.6 Å². The van der Waals surface area contributed by atoms with Crippen LogP contribution in [0.5, 0.6) is 0 Å². The number of esters is 1. The molecule has 5 nitrogen and oxygen atoms in total. The van der Waals surface area contributed by atoms with Gasteiger partial charge in [0.1, 0.15) is 5.82 Å². The molecule has 0 fully saturated rings. The van der Waals surface area contributed by atoms with Gasteiger partial charge in [-0.25, -0.2) is 21.6 Å². The first-order chi connectivity index (χ1) is 13.6. The number of ether oxygens (including phenoxy) is 1. The van der Waals surface area contributed by atoms with E-state index in [0.29, 0.717) is 17.7 Å². The Morgan fingerprint density at radius 1 is 1.14 bits per heavy atom. The minimum Gasteiger partial charge on any atom is -0.463 e. The zero-order valence-corrected chi connectivity index (χ0v) is 16.7. The summed E-state index contributed by atoms with van der Waals surface area (Å²) < 4.78 is 73.0. The first-order valence-corrected chi connectivity index (χ1v) is 10.5. The van der Waals surface area contributed by atoms with Crippen LogP contribution in [0, 0.1) is 17.5 Å². The zero-order valence-electron chi connectivity index (χ0n) is 15.9. The number of sulfonamides is 1. The molecular weight excluding hydrogens is 407 g/mol. The Morgan fingerprint density at radius 3 is 2.48 bits per heavy atom. The van der Waals surface area contributed by atoms with Gasteiger partial charge in [0.2, 0.25) is 10.0 Å². The van der Waals surface area contributed by atoms with Crippen LogP contribution in [0.2, 0.25) is 0 Å². The summed E-state index contributed by atoms with van der Waals surface area (Å²) in [5.74, 6) is -4.68.